The lowest BCUT2D eigenvalue weighted by atomic mass is 9.68. The smallest absolute Gasteiger partial charge is 0.184 e. The highest BCUT2D eigenvalue weighted by Crippen LogP contribution is 2.44. The van der Waals surface area contributed by atoms with Gasteiger partial charge < -0.3 is 0 Å². The molecule has 0 aromatic heterocycles. The zero-order valence-electron chi connectivity index (χ0n) is 15.9. The van der Waals surface area contributed by atoms with E-state index < -0.39 is 11.2 Å². The van der Waals surface area contributed by atoms with Crippen LogP contribution in [-0.4, -0.2) is 17.0 Å². The van der Waals surface area contributed by atoms with Crippen LogP contribution in [-0.2, 0) is 14.6 Å². The molecule has 0 saturated heterocycles. The molecule has 0 N–H and O–H groups in total. The Kier molecular flexibility index (Phi) is 4.87. The first-order valence-corrected chi connectivity index (χ1v) is 7.93. The van der Waals surface area contributed by atoms with Crippen LogP contribution < -0.4 is 0 Å². The van der Waals surface area contributed by atoms with E-state index in [4.69, 9.17) is 9.78 Å². The highest BCUT2D eigenvalue weighted by molar-refractivity contribution is 6.10. The van der Waals surface area contributed by atoms with Crippen molar-refractivity contribution in [3.05, 3.63) is 23.3 Å². The van der Waals surface area contributed by atoms with Gasteiger partial charge in [-0.25, -0.2) is 9.78 Å². The molecule has 1 atom stereocenters. The van der Waals surface area contributed by atoms with Crippen LogP contribution >= 0.6 is 0 Å². The highest BCUT2D eigenvalue weighted by Gasteiger charge is 2.47. The van der Waals surface area contributed by atoms with Crippen LogP contribution in [0.25, 0.3) is 0 Å². The molecule has 0 aliphatic heterocycles. The maximum Gasteiger partial charge on any atom is 0.184 e. The molecule has 1 aliphatic rings. The number of carbonyl (C=O) groups excluding carboxylic acids is 1. The van der Waals surface area contributed by atoms with Crippen LogP contribution in [0.1, 0.15) is 69.2 Å². The summed E-state index contributed by atoms with van der Waals surface area (Å²) in [5, 5.41) is 0. The van der Waals surface area contributed by atoms with Gasteiger partial charge in [-0.1, -0.05) is 41.5 Å². The van der Waals surface area contributed by atoms with Gasteiger partial charge in [0, 0.05) is 11.0 Å². The van der Waals surface area contributed by atoms with Crippen molar-refractivity contribution in [3.63, 3.8) is 0 Å². The number of carbonyl (C=O) groups is 1. The molecular formula is C19H32O3. The first-order chi connectivity index (χ1) is 9.59. The molecule has 22 heavy (non-hydrogen) atoms. The lowest BCUT2D eigenvalue weighted by molar-refractivity contribution is -0.398. The molecule has 0 aromatic carbocycles. The van der Waals surface area contributed by atoms with Crippen molar-refractivity contribution in [2.75, 3.05) is 0 Å². The third-order valence-corrected chi connectivity index (χ3v) is 3.80. The van der Waals surface area contributed by atoms with Crippen LogP contribution in [0.2, 0.25) is 0 Å². The molecule has 0 radical (unpaired) electrons. The second-order valence-corrected chi connectivity index (χ2v) is 9.29. The molecule has 1 aliphatic carbocycles. The van der Waals surface area contributed by atoms with Gasteiger partial charge in [-0.05, 0) is 50.8 Å². The van der Waals surface area contributed by atoms with Gasteiger partial charge >= 0.3 is 0 Å². The Morgan fingerprint density at radius 1 is 0.909 bits per heavy atom. The predicted octanol–water partition coefficient (Wildman–Crippen LogP) is 5.02. The third-order valence-electron chi connectivity index (χ3n) is 3.80. The summed E-state index contributed by atoms with van der Waals surface area (Å²) in [5.41, 5.74) is -0.192. The van der Waals surface area contributed by atoms with E-state index in [9.17, 15) is 4.79 Å². The number of rotatable bonds is 2. The van der Waals surface area contributed by atoms with Gasteiger partial charge in [0.25, 0.3) is 0 Å². The SMILES string of the molecule is CC1=CC(OOC(C)(C)C)(C(C)(C)C)C=C(C(C)(C)C)C1=O. The normalized spacial score (nSPS) is 24.2. The number of ketones is 1. The van der Waals surface area contributed by atoms with Gasteiger partial charge in [0.2, 0.25) is 0 Å². The van der Waals surface area contributed by atoms with Crippen molar-refractivity contribution in [1.29, 1.82) is 0 Å². The molecule has 1 rings (SSSR count). The summed E-state index contributed by atoms with van der Waals surface area (Å²) in [6.45, 7) is 20.1. The summed E-state index contributed by atoms with van der Waals surface area (Å²) >= 11 is 0. The van der Waals surface area contributed by atoms with Crippen molar-refractivity contribution in [2.45, 2.75) is 80.4 Å². The minimum absolute atomic E-state index is 0.0896. The van der Waals surface area contributed by atoms with E-state index in [2.05, 4.69) is 20.8 Å². The fourth-order valence-corrected chi connectivity index (χ4v) is 2.28. The molecule has 0 bridgehead atoms. The third kappa shape index (κ3) is 4.08. The van der Waals surface area contributed by atoms with E-state index in [0.717, 1.165) is 5.57 Å². The summed E-state index contributed by atoms with van der Waals surface area (Å²) in [5.74, 6) is 0.0896. The highest BCUT2D eigenvalue weighted by atomic mass is 17.2. The zero-order valence-corrected chi connectivity index (χ0v) is 15.9. The molecule has 1 unspecified atom stereocenters. The zero-order chi connectivity index (χ0) is 17.6. The van der Waals surface area contributed by atoms with E-state index in [1.54, 1.807) is 0 Å². The van der Waals surface area contributed by atoms with Crippen LogP contribution in [0.5, 0.6) is 0 Å². The van der Waals surface area contributed by atoms with E-state index >= 15 is 0 Å². The average Bonchev–Trinajstić information content (AvgIpc) is 2.26. The Morgan fingerprint density at radius 2 is 1.41 bits per heavy atom. The van der Waals surface area contributed by atoms with Crippen molar-refractivity contribution in [2.24, 2.45) is 10.8 Å². The average molecular weight is 308 g/mol. The van der Waals surface area contributed by atoms with Gasteiger partial charge in [-0.2, -0.15) is 0 Å². The van der Waals surface area contributed by atoms with Crippen LogP contribution in [0.15, 0.2) is 23.3 Å². The van der Waals surface area contributed by atoms with Crippen LogP contribution in [0, 0.1) is 10.8 Å². The summed E-state index contributed by atoms with van der Waals surface area (Å²) in [7, 11) is 0. The molecule has 0 aromatic rings. The molecule has 3 nitrogen and oxygen atoms in total. The van der Waals surface area contributed by atoms with Gasteiger partial charge in [-0.3, -0.25) is 4.79 Å². The Balaban J connectivity index is 3.43. The van der Waals surface area contributed by atoms with Crippen LogP contribution in [0.4, 0.5) is 0 Å². The first-order valence-electron chi connectivity index (χ1n) is 7.93. The lowest BCUT2D eigenvalue weighted by Crippen LogP contribution is -2.47. The van der Waals surface area contributed by atoms with Gasteiger partial charge in [0.1, 0.15) is 5.60 Å². The quantitative estimate of drug-likeness (QED) is 0.531. The monoisotopic (exact) mass is 308 g/mol. The summed E-state index contributed by atoms with van der Waals surface area (Å²) in [4.78, 5) is 24.1. The van der Waals surface area contributed by atoms with E-state index in [0.29, 0.717) is 5.57 Å². The Labute approximate surface area is 135 Å². The molecule has 3 heteroatoms. The molecule has 126 valence electrons. The summed E-state index contributed by atoms with van der Waals surface area (Å²) in [6, 6.07) is 0. The molecule has 0 fully saturated rings. The van der Waals surface area contributed by atoms with Crippen molar-refractivity contribution < 1.29 is 14.6 Å². The Morgan fingerprint density at radius 3 is 1.77 bits per heavy atom. The second-order valence-electron chi connectivity index (χ2n) is 9.29. The molecule has 0 spiro atoms. The first kappa shape index (κ1) is 19.1. The van der Waals surface area contributed by atoms with E-state index in [1.165, 1.54) is 0 Å². The number of allylic oxidation sites excluding steroid dienone is 2. The van der Waals surface area contributed by atoms with Crippen molar-refractivity contribution in [3.8, 4) is 0 Å². The molecule has 0 saturated carbocycles. The molecular weight excluding hydrogens is 276 g/mol. The fraction of sp³-hybridized carbons (Fsp3) is 0.737. The maximum absolute atomic E-state index is 12.6. The lowest BCUT2D eigenvalue weighted by Gasteiger charge is -2.44. The largest absolute Gasteiger partial charge is 0.289 e. The number of Topliss-reactive ketones (excluding diaryl/α,β-unsaturated/α-hetero) is 1. The van der Waals surface area contributed by atoms with Crippen LogP contribution in [0.3, 0.4) is 0 Å². The second kappa shape index (κ2) is 5.61. The number of hydrogen-bond donors (Lipinski definition) is 0. The maximum atomic E-state index is 12.6. The minimum Gasteiger partial charge on any atom is -0.289 e. The Bertz CT molecular complexity index is 504. The topological polar surface area (TPSA) is 35.5 Å². The molecule has 0 amide bonds. The van der Waals surface area contributed by atoms with E-state index in [1.807, 2.05) is 60.6 Å². The predicted molar refractivity (Wildman–Crippen MR) is 90.4 cm³/mol. The standard InChI is InChI=1S/C19H32O3/c1-13-11-19(17(5,6)7,22-21-18(8,9)10)12-14(15(13)20)16(2,3)4/h11-12H,1-10H3. The van der Waals surface area contributed by atoms with Gasteiger partial charge in [0.15, 0.2) is 5.78 Å². The number of hydrogen-bond acceptors (Lipinski definition) is 3. The van der Waals surface area contributed by atoms with Gasteiger partial charge in [0.05, 0.1) is 5.60 Å². The van der Waals surface area contributed by atoms with Crippen molar-refractivity contribution >= 4 is 5.78 Å². The Hall–Kier alpha value is -0.930. The fourth-order valence-electron chi connectivity index (χ4n) is 2.28. The minimum atomic E-state index is -0.763. The van der Waals surface area contributed by atoms with Crippen molar-refractivity contribution in [1.82, 2.24) is 0 Å². The van der Waals surface area contributed by atoms with Gasteiger partial charge in [-0.15, -0.1) is 0 Å². The molecule has 0 heterocycles. The summed E-state index contributed by atoms with van der Waals surface area (Å²) < 4.78 is 0. The summed E-state index contributed by atoms with van der Waals surface area (Å²) in [6.07, 6.45) is 3.85. The van der Waals surface area contributed by atoms with E-state index in [-0.39, 0.29) is 16.6 Å².